The molecule has 0 aliphatic carbocycles. The summed E-state index contributed by atoms with van der Waals surface area (Å²) in [6, 6.07) is 8.44. The van der Waals surface area contributed by atoms with Crippen molar-refractivity contribution in [1.82, 2.24) is 0 Å². The number of nitrogens with two attached hydrogens (primary N) is 1. The largest absolute Gasteiger partial charge is 0.384 e. The van der Waals surface area contributed by atoms with Gasteiger partial charge in [0.25, 0.3) is 0 Å². The molecule has 1 atom stereocenters. The molecule has 0 aromatic heterocycles. The Kier molecular flexibility index (Phi) is 3.39. The molecule has 86 valence electrons. The van der Waals surface area contributed by atoms with Gasteiger partial charge < -0.3 is 10.6 Å². The smallest absolute Gasteiger partial charge is 0.124 e. The molecule has 0 amide bonds. The Balaban J connectivity index is 2.34. The van der Waals surface area contributed by atoms with Crippen molar-refractivity contribution in [2.75, 3.05) is 23.0 Å². The molecular formula is C12H17N3S. The second kappa shape index (κ2) is 4.78. The molecule has 0 radical (unpaired) electrons. The van der Waals surface area contributed by atoms with Crippen LogP contribution in [-0.4, -0.2) is 29.9 Å². The summed E-state index contributed by atoms with van der Waals surface area (Å²) in [5.41, 5.74) is 7.57. The quantitative estimate of drug-likeness (QED) is 0.608. The van der Waals surface area contributed by atoms with Crippen LogP contribution >= 0.6 is 11.8 Å². The maximum absolute atomic E-state index is 7.61. The Morgan fingerprint density at radius 3 is 2.94 bits per heavy atom. The Morgan fingerprint density at radius 2 is 2.25 bits per heavy atom. The van der Waals surface area contributed by atoms with E-state index in [1.165, 1.54) is 0 Å². The summed E-state index contributed by atoms with van der Waals surface area (Å²) in [6.45, 7) is 3.26. The second-order valence-corrected chi connectivity index (χ2v) is 5.20. The monoisotopic (exact) mass is 235 g/mol. The normalized spacial score (nSPS) is 20.8. The summed E-state index contributed by atoms with van der Waals surface area (Å²) in [5, 5.41) is 7.61. The van der Waals surface area contributed by atoms with Crippen molar-refractivity contribution in [2.45, 2.75) is 13.0 Å². The number of rotatable bonds is 2. The van der Waals surface area contributed by atoms with Gasteiger partial charge in [0.15, 0.2) is 0 Å². The lowest BCUT2D eigenvalue weighted by molar-refractivity contribution is 0.699. The van der Waals surface area contributed by atoms with E-state index in [0.717, 1.165) is 29.3 Å². The number of amidine groups is 1. The third kappa shape index (κ3) is 2.16. The molecule has 4 heteroatoms. The molecule has 0 bridgehead atoms. The van der Waals surface area contributed by atoms with Crippen LogP contribution in [0.15, 0.2) is 24.3 Å². The minimum atomic E-state index is 0.154. The first-order valence-electron chi connectivity index (χ1n) is 5.48. The average molecular weight is 235 g/mol. The molecule has 0 spiro atoms. The molecule has 16 heavy (non-hydrogen) atoms. The van der Waals surface area contributed by atoms with E-state index in [4.69, 9.17) is 11.1 Å². The number of nitrogen functional groups attached to an aromatic ring is 1. The fourth-order valence-electron chi connectivity index (χ4n) is 2.04. The summed E-state index contributed by atoms with van der Waals surface area (Å²) in [6.07, 6.45) is 0. The molecule has 2 rings (SSSR count). The van der Waals surface area contributed by atoms with Gasteiger partial charge >= 0.3 is 0 Å². The highest BCUT2D eigenvalue weighted by Gasteiger charge is 2.21. The Bertz CT molecular complexity index is 392. The first-order valence-corrected chi connectivity index (χ1v) is 6.63. The number of nitrogens with zero attached hydrogens (tertiary/aromatic N) is 1. The number of nitrogens with one attached hydrogen (secondary N) is 1. The van der Waals surface area contributed by atoms with E-state index < -0.39 is 0 Å². The third-order valence-corrected chi connectivity index (χ3v) is 4.06. The lowest BCUT2D eigenvalue weighted by atomic mass is 10.1. The van der Waals surface area contributed by atoms with Gasteiger partial charge in [-0.2, -0.15) is 11.8 Å². The first-order chi connectivity index (χ1) is 7.70. The van der Waals surface area contributed by atoms with Crippen LogP contribution in [0.2, 0.25) is 0 Å². The van der Waals surface area contributed by atoms with Crippen LogP contribution in [0, 0.1) is 5.41 Å². The second-order valence-electron chi connectivity index (χ2n) is 4.05. The zero-order valence-corrected chi connectivity index (χ0v) is 10.3. The van der Waals surface area contributed by atoms with Gasteiger partial charge in [0.1, 0.15) is 5.84 Å². The number of para-hydroxylation sites is 1. The summed E-state index contributed by atoms with van der Waals surface area (Å²) < 4.78 is 0. The number of hydrogen-bond donors (Lipinski definition) is 2. The summed E-state index contributed by atoms with van der Waals surface area (Å²) in [4.78, 5) is 2.35. The Labute approximate surface area is 101 Å². The van der Waals surface area contributed by atoms with Crippen LogP contribution in [0.3, 0.4) is 0 Å². The number of hydrogen-bond acceptors (Lipinski definition) is 3. The highest BCUT2D eigenvalue weighted by molar-refractivity contribution is 7.99. The minimum Gasteiger partial charge on any atom is -0.384 e. The first kappa shape index (κ1) is 11.3. The Hall–Kier alpha value is -1.16. The van der Waals surface area contributed by atoms with Crippen LogP contribution in [0.1, 0.15) is 12.5 Å². The lowest BCUT2D eigenvalue weighted by Crippen LogP contribution is -2.41. The van der Waals surface area contributed by atoms with E-state index in [9.17, 15) is 0 Å². The van der Waals surface area contributed by atoms with Crippen LogP contribution < -0.4 is 10.6 Å². The predicted molar refractivity (Wildman–Crippen MR) is 71.6 cm³/mol. The summed E-state index contributed by atoms with van der Waals surface area (Å²) in [5.74, 6) is 2.45. The van der Waals surface area contributed by atoms with Crippen molar-refractivity contribution >= 4 is 23.3 Å². The highest BCUT2D eigenvalue weighted by atomic mass is 32.2. The van der Waals surface area contributed by atoms with Crippen molar-refractivity contribution in [3.63, 3.8) is 0 Å². The maximum atomic E-state index is 7.61. The van der Waals surface area contributed by atoms with Crippen LogP contribution in [0.25, 0.3) is 0 Å². The fourth-order valence-corrected chi connectivity index (χ4v) is 3.05. The molecule has 1 saturated heterocycles. The van der Waals surface area contributed by atoms with Gasteiger partial charge in [0.05, 0.1) is 0 Å². The van der Waals surface area contributed by atoms with Crippen molar-refractivity contribution in [3.05, 3.63) is 29.8 Å². The maximum Gasteiger partial charge on any atom is 0.124 e. The van der Waals surface area contributed by atoms with Gasteiger partial charge in [0.2, 0.25) is 0 Å². The van der Waals surface area contributed by atoms with E-state index in [-0.39, 0.29) is 5.84 Å². The highest BCUT2D eigenvalue weighted by Crippen LogP contribution is 2.26. The SMILES string of the molecule is CC1CSCCN1c1ccccc1C(=N)N. The molecule has 1 unspecified atom stereocenters. The molecular weight excluding hydrogens is 218 g/mol. The number of benzene rings is 1. The van der Waals surface area contributed by atoms with Crippen molar-refractivity contribution in [1.29, 1.82) is 5.41 Å². The van der Waals surface area contributed by atoms with Gasteiger partial charge in [-0.15, -0.1) is 0 Å². The summed E-state index contributed by atoms with van der Waals surface area (Å²) in [7, 11) is 0. The molecule has 1 fully saturated rings. The molecule has 1 aromatic carbocycles. The van der Waals surface area contributed by atoms with Gasteiger partial charge in [-0.05, 0) is 19.1 Å². The zero-order chi connectivity index (χ0) is 11.5. The average Bonchev–Trinajstić information content (AvgIpc) is 2.29. The third-order valence-electron chi connectivity index (χ3n) is 2.87. The lowest BCUT2D eigenvalue weighted by Gasteiger charge is -2.36. The summed E-state index contributed by atoms with van der Waals surface area (Å²) >= 11 is 1.99. The number of thioether (sulfide) groups is 1. The topological polar surface area (TPSA) is 53.1 Å². The molecule has 3 nitrogen and oxygen atoms in total. The standard InChI is InChI=1S/C12H17N3S/c1-9-8-16-7-6-15(9)11-5-3-2-4-10(11)12(13)14/h2-5,9H,6-8H2,1H3,(H3,13,14). The fraction of sp³-hybridized carbons (Fsp3) is 0.417. The van der Waals surface area contributed by atoms with E-state index in [1.54, 1.807) is 0 Å². The number of anilines is 1. The Morgan fingerprint density at radius 1 is 1.50 bits per heavy atom. The van der Waals surface area contributed by atoms with Crippen molar-refractivity contribution in [2.24, 2.45) is 5.73 Å². The van der Waals surface area contributed by atoms with E-state index in [2.05, 4.69) is 17.9 Å². The molecule has 1 aliphatic rings. The minimum absolute atomic E-state index is 0.154. The van der Waals surface area contributed by atoms with E-state index >= 15 is 0 Å². The predicted octanol–water partition coefficient (Wildman–Crippen LogP) is 1.91. The van der Waals surface area contributed by atoms with Gasteiger partial charge in [0, 0.05) is 35.3 Å². The van der Waals surface area contributed by atoms with Crippen LogP contribution in [0.5, 0.6) is 0 Å². The van der Waals surface area contributed by atoms with Gasteiger partial charge in [-0.3, -0.25) is 5.41 Å². The van der Waals surface area contributed by atoms with Crippen LogP contribution in [-0.2, 0) is 0 Å². The van der Waals surface area contributed by atoms with Crippen LogP contribution in [0.4, 0.5) is 5.69 Å². The molecule has 1 aromatic rings. The molecule has 3 N–H and O–H groups in total. The molecule has 1 heterocycles. The van der Waals surface area contributed by atoms with E-state index in [1.807, 2.05) is 30.0 Å². The molecule has 1 aliphatic heterocycles. The van der Waals surface area contributed by atoms with E-state index in [0.29, 0.717) is 6.04 Å². The van der Waals surface area contributed by atoms with Crippen molar-refractivity contribution in [3.8, 4) is 0 Å². The van der Waals surface area contributed by atoms with Crippen molar-refractivity contribution < 1.29 is 0 Å². The molecule has 0 saturated carbocycles. The van der Waals surface area contributed by atoms with Gasteiger partial charge in [-0.1, -0.05) is 12.1 Å². The zero-order valence-electron chi connectivity index (χ0n) is 9.44. The van der Waals surface area contributed by atoms with Gasteiger partial charge in [-0.25, -0.2) is 0 Å².